The Morgan fingerprint density at radius 3 is 1.82 bits per heavy atom. The molecule has 3 N–H and O–H groups in total. The first-order chi connectivity index (χ1) is 29.2. The minimum atomic E-state index is -0.699. The lowest BCUT2D eigenvalue weighted by Gasteiger charge is -2.34. The molecule has 2 saturated heterocycles. The Labute approximate surface area is 357 Å². The molecule has 0 aliphatic carbocycles. The minimum absolute atomic E-state index is 0.102. The minimum Gasteiger partial charge on any atom is -0.453 e. The van der Waals surface area contributed by atoms with Crippen LogP contribution in [0.1, 0.15) is 78.1 Å². The van der Waals surface area contributed by atoms with E-state index in [2.05, 4.69) is 89.8 Å². The van der Waals surface area contributed by atoms with E-state index in [1.807, 2.05) is 49.8 Å². The number of benzene rings is 3. The number of rotatable bonds is 11. The van der Waals surface area contributed by atoms with E-state index in [-0.39, 0.29) is 47.6 Å². The third-order valence-electron chi connectivity index (χ3n) is 12.2. The molecule has 2 aliphatic heterocycles. The second-order valence-corrected chi connectivity index (χ2v) is 17.5. The molecule has 14 nitrogen and oxygen atoms in total. The predicted molar refractivity (Wildman–Crippen MR) is 234 cm³/mol. The van der Waals surface area contributed by atoms with Gasteiger partial charge in [-0.05, 0) is 70.9 Å². The highest BCUT2D eigenvalue weighted by Crippen LogP contribution is 2.38. The summed E-state index contributed by atoms with van der Waals surface area (Å²) in [6, 6.07) is 21.1. The van der Waals surface area contributed by atoms with Gasteiger partial charge in [-0.3, -0.25) is 14.5 Å². The van der Waals surface area contributed by atoms with Gasteiger partial charge in [0.1, 0.15) is 23.7 Å². The molecule has 7 rings (SSSR count). The quantitative estimate of drug-likeness (QED) is 0.120. The number of amides is 4. The van der Waals surface area contributed by atoms with Crippen LogP contribution < -0.4 is 5.32 Å². The molecule has 0 unspecified atom stereocenters. The number of aromatic nitrogens is 4. The van der Waals surface area contributed by atoms with Crippen LogP contribution in [0.2, 0.25) is 0 Å². The van der Waals surface area contributed by atoms with Gasteiger partial charge in [0.2, 0.25) is 11.8 Å². The zero-order chi connectivity index (χ0) is 43.7. The molecule has 0 saturated carbocycles. The first-order valence-corrected chi connectivity index (χ1v) is 21.2. The van der Waals surface area contributed by atoms with E-state index in [9.17, 15) is 19.2 Å². The third kappa shape index (κ3) is 8.85. The fourth-order valence-corrected chi connectivity index (χ4v) is 9.01. The normalized spacial score (nSPS) is 20.0. The van der Waals surface area contributed by atoms with Crippen molar-refractivity contribution in [3.63, 3.8) is 0 Å². The van der Waals surface area contributed by atoms with Crippen molar-refractivity contribution in [3.05, 3.63) is 84.6 Å². The molecular weight excluding hydrogens is 773 g/mol. The van der Waals surface area contributed by atoms with Gasteiger partial charge in [-0.15, -0.1) is 0 Å². The van der Waals surface area contributed by atoms with Gasteiger partial charge < -0.3 is 34.6 Å². The highest BCUT2D eigenvalue weighted by molar-refractivity contribution is 5.88. The van der Waals surface area contributed by atoms with Crippen LogP contribution in [0, 0.1) is 23.7 Å². The number of hydrogen-bond acceptors (Lipinski definition) is 8. The Kier molecular flexibility index (Phi) is 12.5. The largest absolute Gasteiger partial charge is 0.453 e. The number of H-pyrrole nitrogens is 2. The first kappa shape index (κ1) is 42.9. The number of nitrogens with zero attached hydrogens (tertiary/aromatic N) is 5. The monoisotopic (exact) mass is 830 g/mol. The van der Waals surface area contributed by atoms with E-state index >= 15 is 0 Å². The number of alkyl carbamates (subject to hydrolysis) is 1. The Morgan fingerprint density at radius 2 is 1.26 bits per heavy atom. The SMILES string of the molecule is COC(=O)N[C@H](C(=O)N1C[C@@H](C)C[C@H]1c1nc(-c2ccc(-c3ccc(-c4ccc5[nH]c([C@@H]6C[C@H](C)CN6C(=O)[C@H](C(C)C)N(C)C(=O)OC)nc5c4)cc3)cc2)c[nH]1)C(C)C. The second kappa shape index (κ2) is 17.8. The fraction of sp³-hybridized carbons (Fsp3) is 0.447. The van der Waals surface area contributed by atoms with E-state index < -0.39 is 24.3 Å². The molecule has 2 fully saturated rings. The van der Waals surface area contributed by atoms with Crippen molar-refractivity contribution in [3.8, 4) is 33.5 Å². The fourth-order valence-electron chi connectivity index (χ4n) is 9.01. The van der Waals surface area contributed by atoms with Gasteiger partial charge in [-0.25, -0.2) is 19.6 Å². The number of methoxy groups -OCH3 is 2. The van der Waals surface area contributed by atoms with Crippen LogP contribution in [-0.4, -0.2) is 105 Å². The van der Waals surface area contributed by atoms with Gasteiger partial charge in [-0.2, -0.15) is 0 Å². The van der Waals surface area contributed by atoms with E-state index in [1.54, 1.807) is 7.05 Å². The Bertz CT molecular complexity index is 2370. The number of imidazole rings is 2. The molecule has 4 heterocycles. The summed E-state index contributed by atoms with van der Waals surface area (Å²) < 4.78 is 9.73. The number of ether oxygens (including phenoxy) is 2. The third-order valence-corrected chi connectivity index (χ3v) is 12.2. The zero-order valence-corrected chi connectivity index (χ0v) is 36.6. The molecule has 61 heavy (non-hydrogen) atoms. The molecule has 0 bridgehead atoms. The summed E-state index contributed by atoms with van der Waals surface area (Å²) in [6.45, 7) is 13.1. The molecule has 4 amide bonds. The molecule has 6 atom stereocenters. The van der Waals surface area contributed by atoms with Crippen LogP contribution in [0.5, 0.6) is 0 Å². The number of nitrogens with one attached hydrogen (secondary N) is 3. The van der Waals surface area contributed by atoms with Crippen molar-refractivity contribution in [2.24, 2.45) is 23.7 Å². The lowest BCUT2D eigenvalue weighted by atomic mass is 9.99. The molecule has 14 heteroatoms. The van der Waals surface area contributed by atoms with Crippen molar-refractivity contribution in [1.29, 1.82) is 0 Å². The number of likely N-dealkylation sites (N-methyl/N-ethyl adjacent to an activating group) is 1. The standard InChI is InChI=1S/C47H58N8O6/c1-26(2)40(52-46(58)60-8)44(56)54-24-28(5)20-38(54)42-48-23-37(51-42)33-16-14-31(15-17-33)30-10-12-32(13-11-30)34-18-19-35-36(22-34)50-43(49-35)39-21-29(6)25-55(39)45(57)41(27(3)4)53(7)47(59)61-9/h10-19,22-23,26-29,38-41H,20-21,24-25H2,1-9H3,(H,48,51)(H,49,50)(H,52,58)/t28-,29-,38-,39-,40-,41-/m0/s1. The van der Waals surface area contributed by atoms with Crippen LogP contribution in [0.15, 0.2) is 72.9 Å². The smallest absolute Gasteiger partial charge is 0.409 e. The lowest BCUT2D eigenvalue weighted by Crippen LogP contribution is -2.52. The predicted octanol–water partition coefficient (Wildman–Crippen LogP) is 8.21. The van der Waals surface area contributed by atoms with E-state index in [0.717, 1.165) is 69.0 Å². The number of carbonyl (C=O) groups excluding carboxylic acids is 4. The van der Waals surface area contributed by atoms with Crippen LogP contribution in [0.4, 0.5) is 9.59 Å². The average molecular weight is 831 g/mol. The molecule has 2 aromatic heterocycles. The number of aromatic amines is 2. The van der Waals surface area contributed by atoms with Gasteiger partial charge in [0.15, 0.2) is 0 Å². The van der Waals surface area contributed by atoms with Gasteiger partial charge in [0, 0.05) is 31.9 Å². The summed E-state index contributed by atoms with van der Waals surface area (Å²) in [5, 5.41) is 2.72. The Balaban J connectivity index is 1.04. The highest BCUT2D eigenvalue weighted by Gasteiger charge is 2.43. The van der Waals surface area contributed by atoms with Crippen molar-refractivity contribution in [2.45, 2.75) is 78.6 Å². The van der Waals surface area contributed by atoms with Crippen molar-refractivity contribution in [1.82, 2.24) is 40.0 Å². The summed E-state index contributed by atoms with van der Waals surface area (Å²) in [4.78, 5) is 74.0. The van der Waals surface area contributed by atoms with Gasteiger partial charge >= 0.3 is 12.2 Å². The number of likely N-dealkylation sites (tertiary alicyclic amines) is 2. The lowest BCUT2D eigenvalue weighted by molar-refractivity contribution is -0.139. The van der Waals surface area contributed by atoms with Crippen LogP contribution in [0.3, 0.4) is 0 Å². The number of carbonyl (C=O) groups is 4. The molecule has 322 valence electrons. The Hall–Kier alpha value is -6.18. The maximum absolute atomic E-state index is 14.0. The zero-order valence-electron chi connectivity index (χ0n) is 36.6. The van der Waals surface area contributed by atoms with Gasteiger partial charge in [-0.1, -0.05) is 96.1 Å². The van der Waals surface area contributed by atoms with E-state index in [1.165, 1.54) is 19.1 Å². The number of hydrogen-bond donors (Lipinski definition) is 3. The molecule has 3 aromatic carbocycles. The van der Waals surface area contributed by atoms with E-state index in [4.69, 9.17) is 19.4 Å². The van der Waals surface area contributed by atoms with Crippen LogP contribution >= 0.6 is 0 Å². The molecule has 2 aliphatic rings. The topological polar surface area (TPSA) is 166 Å². The van der Waals surface area contributed by atoms with Crippen molar-refractivity contribution in [2.75, 3.05) is 34.4 Å². The maximum Gasteiger partial charge on any atom is 0.409 e. The summed E-state index contributed by atoms with van der Waals surface area (Å²) in [5.74, 6) is 1.57. The summed E-state index contributed by atoms with van der Waals surface area (Å²) in [6.07, 6.45) is 2.26. The Morgan fingerprint density at radius 1 is 0.721 bits per heavy atom. The molecule has 0 spiro atoms. The van der Waals surface area contributed by atoms with Crippen LogP contribution in [0.25, 0.3) is 44.5 Å². The summed E-state index contributed by atoms with van der Waals surface area (Å²) in [5.41, 5.74) is 7.71. The van der Waals surface area contributed by atoms with Gasteiger partial charge in [0.25, 0.3) is 0 Å². The number of fused-ring (bicyclic) bond motifs is 1. The highest BCUT2D eigenvalue weighted by atomic mass is 16.5. The van der Waals surface area contributed by atoms with Crippen molar-refractivity contribution < 1.29 is 28.7 Å². The molecule has 5 aromatic rings. The van der Waals surface area contributed by atoms with Gasteiger partial charge in [0.05, 0.1) is 43.0 Å². The molecular formula is C47H58N8O6. The average Bonchev–Trinajstić information content (AvgIpc) is 4.07. The maximum atomic E-state index is 14.0. The summed E-state index contributed by atoms with van der Waals surface area (Å²) >= 11 is 0. The summed E-state index contributed by atoms with van der Waals surface area (Å²) in [7, 11) is 4.23. The van der Waals surface area contributed by atoms with E-state index in [0.29, 0.717) is 13.1 Å². The molecule has 0 radical (unpaired) electrons. The second-order valence-electron chi connectivity index (χ2n) is 17.5. The van der Waals surface area contributed by atoms with Crippen LogP contribution in [-0.2, 0) is 19.1 Å². The van der Waals surface area contributed by atoms with Crippen molar-refractivity contribution >= 4 is 35.0 Å². The first-order valence-electron chi connectivity index (χ1n) is 21.2.